The van der Waals surface area contributed by atoms with E-state index in [1.54, 1.807) is 17.0 Å². The molecule has 7 nitrogen and oxygen atoms in total. The van der Waals surface area contributed by atoms with Crippen LogP contribution in [0.1, 0.15) is 6.42 Å². The fourth-order valence-electron chi connectivity index (χ4n) is 4.35. The molecule has 5 rings (SSSR count). The third kappa shape index (κ3) is 5.45. The van der Waals surface area contributed by atoms with Gasteiger partial charge in [0.2, 0.25) is 11.8 Å². The largest absolute Gasteiger partial charge is 0.379 e. The van der Waals surface area contributed by atoms with Gasteiger partial charge in [0.25, 0.3) is 0 Å². The number of hydrogen-bond acceptors (Lipinski definition) is 6. The van der Waals surface area contributed by atoms with E-state index < -0.39 is 11.7 Å². The van der Waals surface area contributed by atoms with E-state index in [9.17, 15) is 18.4 Å². The molecule has 2 aromatic carbocycles. The van der Waals surface area contributed by atoms with Crippen LogP contribution in [-0.2, 0) is 14.3 Å². The summed E-state index contributed by atoms with van der Waals surface area (Å²) in [6.07, 6.45) is 0.0590. The van der Waals surface area contributed by atoms with E-state index >= 15 is 0 Å². The number of carbonyl (C=O) groups excluding carboxylic acids is 2. The normalized spacial score (nSPS) is 18.6. The summed E-state index contributed by atoms with van der Waals surface area (Å²) < 4.78 is 33.7. The van der Waals surface area contributed by atoms with Crippen molar-refractivity contribution >= 4 is 56.6 Å². The molecular weight excluding hydrogens is 498 g/mol. The Labute approximate surface area is 211 Å². The number of carbonyl (C=O) groups is 2. The maximum atomic E-state index is 14.3. The van der Waals surface area contributed by atoms with E-state index in [4.69, 9.17) is 4.74 Å². The molecule has 0 N–H and O–H groups in total. The zero-order valence-electron chi connectivity index (χ0n) is 18.9. The number of benzene rings is 2. The first-order chi connectivity index (χ1) is 16.5. The molecule has 2 fully saturated rings. The van der Waals surface area contributed by atoms with Gasteiger partial charge in [-0.15, -0.1) is 12.4 Å². The van der Waals surface area contributed by atoms with Crippen LogP contribution in [0, 0.1) is 17.6 Å². The molecule has 11 heteroatoms. The number of fused-ring (bicyclic) bond motifs is 1. The van der Waals surface area contributed by atoms with Crippen LogP contribution < -0.4 is 9.80 Å². The molecule has 0 radical (unpaired) electrons. The van der Waals surface area contributed by atoms with E-state index in [2.05, 4.69) is 9.88 Å². The number of hydrogen-bond donors (Lipinski definition) is 0. The standard InChI is InChI=1S/C24H24F2N4O3S.ClH/c25-17-4-6-18(7-5-17)30-15-16(14-21(30)31)23(32)29(9-8-28-10-12-33-13-11-28)24-27-22-19(26)2-1-3-20(22)34-24;/h1-7,16H,8-15H2;1H. The van der Waals surface area contributed by atoms with Crippen molar-refractivity contribution in [2.24, 2.45) is 5.92 Å². The van der Waals surface area contributed by atoms with Gasteiger partial charge in [-0.25, -0.2) is 13.8 Å². The molecule has 3 aromatic rings. The summed E-state index contributed by atoms with van der Waals surface area (Å²) in [6, 6.07) is 10.4. The van der Waals surface area contributed by atoms with Crippen molar-refractivity contribution in [3.05, 3.63) is 54.1 Å². The van der Waals surface area contributed by atoms with E-state index in [0.29, 0.717) is 41.8 Å². The predicted octanol–water partition coefficient (Wildman–Crippen LogP) is 3.71. The lowest BCUT2D eigenvalue weighted by Gasteiger charge is -2.30. The number of anilines is 2. The van der Waals surface area contributed by atoms with Gasteiger partial charge in [-0.3, -0.25) is 19.4 Å². The minimum absolute atomic E-state index is 0. The molecule has 2 saturated heterocycles. The summed E-state index contributed by atoms with van der Waals surface area (Å²) in [5.41, 5.74) is 0.797. The Balaban J connectivity index is 0.00000289. The minimum atomic E-state index is -0.570. The highest BCUT2D eigenvalue weighted by molar-refractivity contribution is 7.22. The molecule has 0 saturated carbocycles. The number of nitrogens with zero attached hydrogens (tertiary/aromatic N) is 4. The summed E-state index contributed by atoms with van der Waals surface area (Å²) in [7, 11) is 0. The summed E-state index contributed by atoms with van der Waals surface area (Å²) in [5.74, 6) is -1.79. The van der Waals surface area contributed by atoms with Gasteiger partial charge in [0.05, 0.1) is 23.8 Å². The molecule has 35 heavy (non-hydrogen) atoms. The number of halogens is 3. The van der Waals surface area contributed by atoms with E-state index in [-0.39, 0.29) is 48.5 Å². The zero-order chi connectivity index (χ0) is 23.7. The SMILES string of the molecule is Cl.O=C1CC(C(=O)N(CCN2CCOCC2)c2nc3c(F)cccc3s2)CN1c1ccc(F)cc1. The Morgan fingerprint density at radius 1 is 1.14 bits per heavy atom. The summed E-state index contributed by atoms with van der Waals surface area (Å²) in [6.45, 7) is 4.04. The van der Waals surface area contributed by atoms with Gasteiger partial charge in [0.15, 0.2) is 5.13 Å². The Morgan fingerprint density at radius 2 is 1.89 bits per heavy atom. The maximum Gasteiger partial charge on any atom is 0.234 e. The van der Waals surface area contributed by atoms with Gasteiger partial charge in [-0.2, -0.15) is 0 Å². The quantitative estimate of drug-likeness (QED) is 0.494. The van der Waals surface area contributed by atoms with Gasteiger partial charge in [-0.1, -0.05) is 17.4 Å². The van der Waals surface area contributed by atoms with Gasteiger partial charge in [0, 0.05) is 44.8 Å². The number of ether oxygens (including phenoxy) is 1. The highest BCUT2D eigenvalue weighted by atomic mass is 35.5. The van der Waals surface area contributed by atoms with Crippen LogP contribution >= 0.6 is 23.7 Å². The lowest BCUT2D eigenvalue weighted by atomic mass is 10.1. The molecule has 186 valence electrons. The molecule has 2 aliphatic heterocycles. The van der Waals surface area contributed by atoms with Crippen LogP contribution in [0.5, 0.6) is 0 Å². The van der Waals surface area contributed by atoms with Crippen molar-refractivity contribution in [1.82, 2.24) is 9.88 Å². The molecule has 1 aromatic heterocycles. The second-order valence-electron chi connectivity index (χ2n) is 8.41. The summed E-state index contributed by atoms with van der Waals surface area (Å²) in [5, 5.41) is 0.422. The molecule has 0 spiro atoms. The van der Waals surface area contributed by atoms with Crippen LogP contribution in [0.4, 0.5) is 19.6 Å². The highest BCUT2D eigenvalue weighted by Crippen LogP contribution is 2.33. The van der Waals surface area contributed by atoms with Gasteiger partial charge >= 0.3 is 0 Å². The summed E-state index contributed by atoms with van der Waals surface area (Å²) >= 11 is 1.26. The number of amides is 2. The third-order valence-electron chi connectivity index (χ3n) is 6.21. The highest BCUT2D eigenvalue weighted by Gasteiger charge is 2.38. The second kappa shape index (κ2) is 10.9. The lowest BCUT2D eigenvalue weighted by Crippen LogP contribution is -2.45. The predicted molar refractivity (Wildman–Crippen MR) is 133 cm³/mol. The molecular formula is C24H25ClF2N4O3S. The van der Waals surface area contributed by atoms with Gasteiger partial charge in [-0.05, 0) is 36.4 Å². The Kier molecular flexibility index (Phi) is 7.95. The zero-order valence-corrected chi connectivity index (χ0v) is 20.5. The molecule has 2 aliphatic rings. The van der Waals surface area contributed by atoms with Crippen molar-refractivity contribution in [2.45, 2.75) is 6.42 Å². The average Bonchev–Trinajstić information content (AvgIpc) is 3.45. The van der Waals surface area contributed by atoms with E-state index in [1.807, 2.05) is 0 Å². The molecule has 1 unspecified atom stereocenters. The number of aromatic nitrogens is 1. The third-order valence-corrected chi connectivity index (χ3v) is 7.26. The van der Waals surface area contributed by atoms with E-state index in [1.165, 1.54) is 46.6 Å². The van der Waals surface area contributed by atoms with Crippen LogP contribution in [0.15, 0.2) is 42.5 Å². The number of para-hydroxylation sites is 1. The minimum Gasteiger partial charge on any atom is -0.379 e. The van der Waals surface area contributed by atoms with Crippen LogP contribution in [-0.4, -0.2) is 67.6 Å². The Bertz CT molecular complexity index is 1200. The molecule has 0 aliphatic carbocycles. The summed E-state index contributed by atoms with van der Waals surface area (Å²) in [4.78, 5) is 36.1. The van der Waals surface area contributed by atoms with Gasteiger partial charge < -0.3 is 9.64 Å². The van der Waals surface area contributed by atoms with Crippen LogP contribution in [0.2, 0.25) is 0 Å². The molecule has 3 heterocycles. The Morgan fingerprint density at radius 3 is 2.60 bits per heavy atom. The first-order valence-electron chi connectivity index (χ1n) is 11.2. The van der Waals surface area contributed by atoms with Crippen LogP contribution in [0.25, 0.3) is 10.2 Å². The van der Waals surface area contributed by atoms with Crippen LogP contribution in [0.3, 0.4) is 0 Å². The number of morpholine rings is 1. The topological polar surface area (TPSA) is 66.0 Å². The average molecular weight is 523 g/mol. The van der Waals surface area contributed by atoms with Crippen molar-refractivity contribution in [1.29, 1.82) is 0 Å². The first kappa shape index (κ1) is 25.4. The maximum absolute atomic E-state index is 14.3. The van der Waals surface area contributed by atoms with Crippen molar-refractivity contribution in [3.63, 3.8) is 0 Å². The smallest absolute Gasteiger partial charge is 0.234 e. The molecule has 0 bridgehead atoms. The van der Waals surface area contributed by atoms with E-state index in [0.717, 1.165) is 13.1 Å². The fraction of sp³-hybridized carbons (Fsp3) is 0.375. The Hall–Kier alpha value is -2.66. The first-order valence-corrected chi connectivity index (χ1v) is 12.0. The van der Waals surface area contributed by atoms with Gasteiger partial charge in [0.1, 0.15) is 17.2 Å². The monoisotopic (exact) mass is 522 g/mol. The van der Waals surface area contributed by atoms with Crippen molar-refractivity contribution in [2.75, 3.05) is 55.7 Å². The number of rotatable bonds is 6. The fourth-order valence-corrected chi connectivity index (χ4v) is 5.36. The molecule has 2 amide bonds. The van der Waals surface area contributed by atoms with Crippen molar-refractivity contribution < 1.29 is 23.1 Å². The van der Waals surface area contributed by atoms with Crippen molar-refractivity contribution in [3.8, 4) is 0 Å². The number of thiazole rings is 1. The molecule has 1 atom stereocenters. The lowest BCUT2D eigenvalue weighted by molar-refractivity contribution is -0.124. The second-order valence-corrected chi connectivity index (χ2v) is 9.42.